The normalized spacial score (nSPS) is 14.3. The number of hydrogen-bond donors (Lipinski definition) is 1. The van der Waals surface area contributed by atoms with Crippen LogP contribution in [0.25, 0.3) is 11.4 Å². The predicted molar refractivity (Wildman–Crippen MR) is 83.5 cm³/mol. The molecule has 0 unspecified atom stereocenters. The van der Waals surface area contributed by atoms with Gasteiger partial charge >= 0.3 is 0 Å². The summed E-state index contributed by atoms with van der Waals surface area (Å²) < 4.78 is 5.30. The van der Waals surface area contributed by atoms with E-state index in [1.54, 1.807) is 6.20 Å². The molecule has 1 aliphatic rings. The fraction of sp³-hybridized carbons (Fsp3) is 0.467. The van der Waals surface area contributed by atoms with Crippen LogP contribution in [0.2, 0.25) is 0 Å². The first-order valence-electron chi connectivity index (χ1n) is 7.34. The molecule has 1 saturated carbocycles. The minimum absolute atomic E-state index is 0.0108. The monoisotopic (exact) mass is 318 g/mol. The highest BCUT2D eigenvalue weighted by molar-refractivity contribution is 8.00. The maximum Gasteiger partial charge on any atom is 0.230 e. The fourth-order valence-corrected chi connectivity index (χ4v) is 2.82. The van der Waals surface area contributed by atoms with Gasteiger partial charge in [-0.1, -0.05) is 16.9 Å². The van der Waals surface area contributed by atoms with Gasteiger partial charge in [-0.3, -0.25) is 4.79 Å². The van der Waals surface area contributed by atoms with Gasteiger partial charge in [0.2, 0.25) is 17.6 Å². The van der Waals surface area contributed by atoms with Crippen LogP contribution in [0.1, 0.15) is 38.5 Å². The SMILES string of the molecule is CC(C)NC(=O)CSc1ncccc1-c1noc(C2CC2)n1. The fourth-order valence-electron chi connectivity index (χ4n) is 2.01. The highest BCUT2D eigenvalue weighted by Crippen LogP contribution is 2.40. The molecule has 1 N–H and O–H groups in total. The largest absolute Gasteiger partial charge is 0.353 e. The number of amides is 1. The van der Waals surface area contributed by atoms with Crippen LogP contribution in [0.3, 0.4) is 0 Å². The van der Waals surface area contributed by atoms with Gasteiger partial charge in [0, 0.05) is 18.2 Å². The number of rotatable bonds is 6. The van der Waals surface area contributed by atoms with Crippen LogP contribution in [0, 0.1) is 0 Å². The van der Waals surface area contributed by atoms with Crippen molar-refractivity contribution in [3.63, 3.8) is 0 Å². The Labute approximate surface area is 133 Å². The molecule has 0 saturated heterocycles. The van der Waals surface area contributed by atoms with Crippen LogP contribution >= 0.6 is 11.8 Å². The molecule has 1 aliphatic carbocycles. The first-order valence-corrected chi connectivity index (χ1v) is 8.33. The van der Waals surface area contributed by atoms with Crippen LogP contribution in [0.5, 0.6) is 0 Å². The number of nitrogens with zero attached hydrogens (tertiary/aromatic N) is 3. The predicted octanol–water partition coefficient (Wildman–Crippen LogP) is 2.63. The molecule has 1 fully saturated rings. The molecule has 0 aromatic carbocycles. The molecule has 2 aromatic rings. The van der Waals surface area contributed by atoms with Gasteiger partial charge in [-0.15, -0.1) is 0 Å². The van der Waals surface area contributed by atoms with Crippen molar-refractivity contribution in [2.75, 3.05) is 5.75 Å². The Morgan fingerprint density at radius 3 is 3.05 bits per heavy atom. The lowest BCUT2D eigenvalue weighted by molar-refractivity contribution is -0.119. The second-order valence-electron chi connectivity index (χ2n) is 5.60. The Kier molecular flexibility index (Phi) is 4.42. The van der Waals surface area contributed by atoms with E-state index >= 15 is 0 Å². The van der Waals surface area contributed by atoms with Gasteiger partial charge in [-0.25, -0.2) is 4.98 Å². The summed E-state index contributed by atoms with van der Waals surface area (Å²) in [7, 11) is 0. The van der Waals surface area contributed by atoms with Crippen molar-refractivity contribution in [1.29, 1.82) is 0 Å². The summed E-state index contributed by atoms with van der Waals surface area (Å²) in [5.41, 5.74) is 0.806. The first kappa shape index (κ1) is 15.0. The topological polar surface area (TPSA) is 80.9 Å². The summed E-state index contributed by atoms with van der Waals surface area (Å²) >= 11 is 1.38. The molecule has 0 bridgehead atoms. The summed E-state index contributed by atoms with van der Waals surface area (Å²) in [6.45, 7) is 3.88. The maximum atomic E-state index is 11.8. The number of thioether (sulfide) groups is 1. The summed E-state index contributed by atoms with van der Waals surface area (Å²) in [6.07, 6.45) is 3.94. The number of hydrogen-bond acceptors (Lipinski definition) is 6. The number of pyridine rings is 1. The van der Waals surface area contributed by atoms with Gasteiger partial charge < -0.3 is 9.84 Å². The molecule has 6 nitrogen and oxygen atoms in total. The third-order valence-corrected chi connectivity index (χ3v) is 4.18. The second-order valence-corrected chi connectivity index (χ2v) is 6.56. The van der Waals surface area contributed by atoms with Crippen molar-refractivity contribution >= 4 is 17.7 Å². The number of carbonyl (C=O) groups excluding carboxylic acids is 1. The molecule has 0 spiro atoms. The smallest absolute Gasteiger partial charge is 0.230 e. The molecule has 7 heteroatoms. The molecule has 0 radical (unpaired) electrons. The lowest BCUT2D eigenvalue weighted by atomic mass is 10.3. The lowest BCUT2D eigenvalue weighted by Crippen LogP contribution is -2.31. The van der Waals surface area contributed by atoms with Crippen LogP contribution in [-0.4, -0.2) is 32.8 Å². The van der Waals surface area contributed by atoms with E-state index in [1.165, 1.54) is 11.8 Å². The van der Waals surface area contributed by atoms with Gasteiger partial charge in [-0.05, 0) is 38.8 Å². The van der Waals surface area contributed by atoms with Gasteiger partial charge in [0.05, 0.1) is 11.3 Å². The Balaban J connectivity index is 1.73. The molecule has 0 atom stereocenters. The van der Waals surface area contributed by atoms with E-state index in [9.17, 15) is 4.79 Å². The van der Waals surface area contributed by atoms with E-state index in [0.29, 0.717) is 23.4 Å². The Hall–Kier alpha value is -1.89. The van der Waals surface area contributed by atoms with Crippen LogP contribution < -0.4 is 5.32 Å². The van der Waals surface area contributed by atoms with Crippen molar-refractivity contribution in [3.05, 3.63) is 24.2 Å². The highest BCUT2D eigenvalue weighted by atomic mass is 32.2. The molecule has 2 heterocycles. The minimum atomic E-state index is -0.0108. The average molecular weight is 318 g/mol. The van der Waals surface area contributed by atoms with E-state index in [2.05, 4.69) is 20.4 Å². The number of aromatic nitrogens is 3. The average Bonchev–Trinajstić information content (AvgIpc) is 3.23. The van der Waals surface area contributed by atoms with Gasteiger partial charge in [-0.2, -0.15) is 4.98 Å². The van der Waals surface area contributed by atoms with E-state index < -0.39 is 0 Å². The van der Waals surface area contributed by atoms with E-state index in [4.69, 9.17) is 4.52 Å². The van der Waals surface area contributed by atoms with Crippen LogP contribution in [0.4, 0.5) is 0 Å². The number of nitrogens with one attached hydrogen (secondary N) is 1. The zero-order chi connectivity index (χ0) is 15.5. The van der Waals surface area contributed by atoms with Crippen molar-refractivity contribution in [2.45, 2.75) is 43.7 Å². The van der Waals surface area contributed by atoms with Crippen molar-refractivity contribution in [1.82, 2.24) is 20.4 Å². The Morgan fingerprint density at radius 1 is 1.50 bits per heavy atom. The van der Waals surface area contributed by atoms with E-state index in [-0.39, 0.29) is 11.9 Å². The first-order chi connectivity index (χ1) is 10.6. The van der Waals surface area contributed by atoms with Gasteiger partial charge in [0.25, 0.3) is 0 Å². The molecule has 3 rings (SSSR count). The molecule has 2 aromatic heterocycles. The van der Waals surface area contributed by atoms with Gasteiger partial charge in [0.1, 0.15) is 5.03 Å². The van der Waals surface area contributed by atoms with Crippen molar-refractivity contribution in [3.8, 4) is 11.4 Å². The molecule has 22 heavy (non-hydrogen) atoms. The summed E-state index contributed by atoms with van der Waals surface area (Å²) in [6, 6.07) is 3.87. The molecule has 1 amide bonds. The molecule has 0 aliphatic heterocycles. The number of carbonyl (C=O) groups is 1. The zero-order valence-corrected chi connectivity index (χ0v) is 13.4. The lowest BCUT2D eigenvalue weighted by Gasteiger charge is -2.08. The quantitative estimate of drug-likeness (QED) is 0.825. The van der Waals surface area contributed by atoms with Crippen LogP contribution in [0.15, 0.2) is 27.9 Å². The maximum absolute atomic E-state index is 11.8. The second kappa shape index (κ2) is 6.48. The molecular formula is C15H18N4O2S. The van der Waals surface area contributed by atoms with Crippen molar-refractivity contribution < 1.29 is 9.32 Å². The highest BCUT2D eigenvalue weighted by Gasteiger charge is 2.30. The molecule has 116 valence electrons. The summed E-state index contributed by atoms with van der Waals surface area (Å²) in [5.74, 6) is 1.97. The van der Waals surface area contributed by atoms with Gasteiger partial charge in [0.15, 0.2) is 0 Å². The molecular weight excluding hydrogens is 300 g/mol. The van der Waals surface area contributed by atoms with Crippen LogP contribution in [-0.2, 0) is 4.79 Å². The minimum Gasteiger partial charge on any atom is -0.353 e. The van der Waals surface area contributed by atoms with Crippen molar-refractivity contribution in [2.24, 2.45) is 0 Å². The van der Waals surface area contributed by atoms with E-state index in [1.807, 2.05) is 26.0 Å². The zero-order valence-electron chi connectivity index (χ0n) is 12.6. The third-order valence-electron chi connectivity index (χ3n) is 3.17. The summed E-state index contributed by atoms with van der Waals surface area (Å²) in [4.78, 5) is 20.6. The standard InChI is InChI=1S/C15H18N4O2S/c1-9(2)17-12(20)8-22-15-11(4-3-7-16-15)13-18-14(21-19-13)10-5-6-10/h3-4,7,9-10H,5-6,8H2,1-2H3,(H,17,20). The Bertz CT molecular complexity index is 667. The van der Waals surface area contributed by atoms with E-state index in [0.717, 1.165) is 23.4 Å². The summed E-state index contributed by atoms with van der Waals surface area (Å²) in [5, 5.41) is 7.65. The Morgan fingerprint density at radius 2 is 2.32 bits per heavy atom. The third kappa shape index (κ3) is 3.65.